The van der Waals surface area contributed by atoms with E-state index in [2.05, 4.69) is 5.38 Å². The molecule has 0 bridgehead atoms. The number of nitrogens with zero attached hydrogens (tertiary/aromatic N) is 3. The molecule has 0 radical (unpaired) electrons. The molecule has 0 atom stereocenters. The lowest BCUT2D eigenvalue weighted by molar-refractivity contribution is 0.354. The van der Waals surface area contributed by atoms with Gasteiger partial charge >= 0.3 is 0 Å². The summed E-state index contributed by atoms with van der Waals surface area (Å²) in [7, 11) is 6.58. The van der Waals surface area contributed by atoms with Crippen molar-refractivity contribution in [1.82, 2.24) is 4.68 Å². The Hall–Kier alpha value is -3.26. The number of hydrogen-bond donors (Lipinski definition) is 0. The Morgan fingerprint density at radius 1 is 0.912 bits per heavy atom. The predicted molar refractivity (Wildman–Crippen MR) is 136 cm³/mol. The van der Waals surface area contributed by atoms with E-state index in [1.807, 2.05) is 41.1 Å². The fourth-order valence-electron chi connectivity index (χ4n) is 4.20. The minimum Gasteiger partial charge on any atom is -0.497 e. The van der Waals surface area contributed by atoms with E-state index in [0.29, 0.717) is 17.5 Å². The first-order valence-electron chi connectivity index (χ1n) is 11.4. The molecule has 1 aliphatic rings. The number of ether oxygens (including phenoxy) is 4. The highest BCUT2D eigenvalue weighted by atomic mass is 32.1. The largest absolute Gasteiger partial charge is 0.497 e. The van der Waals surface area contributed by atoms with Gasteiger partial charge < -0.3 is 18.9 Å². The van der Waals surface area contributed by atoms with Crippen LogP contribution in [-0.2, 0) is 0 Å². The molecule has 1 heterocycles. The maximum Gasteiger partial charge on any atom is 0.206 e. The van der Waals surface area contributed by atoms with Crippen LogP contribution < -0.4 is 23.7 Å². The molecule has 0 aliphatic heterocycles. The minimum absolute atomic E-state index is 0.320. The van der Waals surface area contributed by atoms with Crippen LogP contribution in [0, 0.1) is 0 Å². The van der Waals surface area contributed by atoms with E-state index in [0.717, 1.165) is 46.0 Å². The van der Waals surface area contributed by atoms with Gasteiger partial charge in [-0.1, -0.05) is 25.3 Å². The first-order chi connectivity index (χ1) is 16.7. The van der Waals surface area contributed by atoms with Crippen molar-refractivity contribution >= 4 is 17.6 Å². The third kappa shape index (κ3) is 5.12. The van der Waals surface area contributed by atoms with E-state index in [-0.39, 0.29) is 0 Å². The third-order valence-corrected chi connectivity index (χ3v) is 6.81. The summed E-state index contributed by atoms with van der Waals surface area (Å²) in [5.41, 5.74) is 2.58. The zero-order valence-electron chi connectivity index (χ0n) is 20.1. The molecule has 180 valence electrons. The van der Waals surface area contributed by atoms with E-state index in [4.69, 9.17) is 29.0 Å². The van der Waals surface area contributed by atoms with Crippen LogP contribution >= 0.6 is 11.3 Å². The summed E-state index contributed by atoms with van der Waals surface area (Å²) in [4.78, 5) is 5.94. The Balaban J connectivity index is 1.86. The highest BCUT2D eigenvalue weighted by Gasteiger charge is 2.17. The summed E-state index contributed by atoms with van der Waals surface area (Å²) in [5, 5.41) is 6.94. The fraction of sp³-hybridized carbons (Fsp3) is 0.385. The van der Waals surface area contributed by atoms with E-state index in [1.165, 1.54) is 19.3 Å². The zero-order chi connectivity index (χ0) is 23.9. The highest BCUT2D eigenvalue weighted by Crippen LogP contribution is 2.34. The molecule has 34 heavy (non-hydrogen) atoms. The summed E-state index contributed by atoms with van der Waals surface area (Å²) in [6.07, 6.45) is 7.74. The van der Waals surface area contributed by atoms with Gasteiger partial charge in [-0.25, -0.2) is 4.68 Å². The van der Waals surface area contributed by atoms with Crippen molar-refractivity contribution in [1.29, 1.82) is 0 Å². The van der Waals surface area contributed by atoms with Crippen LogP contribution in [-0.4, -0.2) is 45.4 Å². The van der Waals surface area contributed by atoms with Gasteiger partial charge in [0.05, 0.1) is 46.4 Å². The van der Waals surface area contributed by atoms with Crippen LogP contribution in [0.2, 0.25) is 0 Å². The maximum atomic E-state index is 5.66. The second kappa shape index (κ2) is 11.2. The molecule has 4 rings (SSSR count). The molecule has 1 fully saturated rings. The topological polar surface area (TPSA) is 66.6 Å². The van der Waals surface area contributed by atoms with Crippen LogP contribution in [0.4, 0.5) is 0 Å². The summed E-state index contributed by atoms with van der Waals surface area (Å²) in [6, 6.07) is 11.8. The second-order valence-electron chi connectivity index (χ2n) is 8.03. The van der Waals surface area contributed by atoms with Crippen molar-refractivity contribution in [2.24, 2.45) is 10.1 Å². The number of benzene rings is 2. The molecule has 3 aromatic rings. The molecule has 8 heteroatoms. The fourth-order valence-corrected chi connectivity index (χ4v) is 5.10. The molecule has 1 aliphatic carbocycles. The van der Waals surface area contributed by atoms with Crippen LogP contribution in [0.1, 0.15) is 37.7 Å². The maximum absolute atomic E-state index is 5.66. The lowest BCUT2D eigenvalue weighted by Gasteiger charge is -2.17. The van der Waals surface area contributed by atoms with Gasteiger partial charge in [-0.05, 0) is 43.2 Å². The smallest absolute Gasteiger partial charge is 0.206 e. The molecule has 0 saturated heterocycles. The molecule has 7 nitrogen and oxygen atoms in total. The van der Waals surface area contributed by atoms with Gasteiger partial charge in [0.25, 0.3) is 0 Å². The molecule has 0 amide bonds. The van der Waals surface area contributed by atoms with Crippen molar-refractivity contribution in [3.8, 4) is 34.3 Å². The Morgan fingerprint density at radius 2 is 1.71 bits per heavy atom. The zero-order valence-corrected chi connectivity index (χ0v) is 20.9. The summed E-state index contributed by atoms with van der Waals surface area (Å²) >= 11 is 1.58. The molecular weight excluding hydrogens is 450 g/mol. The average Bonchev–Trinajstić information content (AvgIpc) is 3.29. The van der Waals surface area contributed by atoms with Crippen LogP contribution in [0.15, 0.2) is 51.9 Å². The van der Waals surface area contributed by atoms with Crippen LogP contribution in [0.5, 0.6) is 23.0 Å². The SMILES string of the molecule is COc1ccc(OC)c(-c2csc(=NC3CCCCC3)n2N=Cc2cccc(OC)c2OC)c1. The van der Waals surface area contributed by atoms with E-state index in [1.54, 1.807) is 46.0 Å². The quantitative estimate of drug-likeness (QED) is 0.406. The average molecular weight is 482 g/mol. The summed E-state index contributed by atoms with van der Waals surface area (Å²) in [6.45, 7) is 0. The number of thiazole rings is 1. The minimum atomic E-state index is 0.320. The monoisotopic (exact) mass is 481 g/mol. The van der Waals surface area contributed by atoms with Gasteiger partial charge in [0.1, 0.15) is 11.5 Å². The predicted octanol–water partition coefficient (Wildman–Crippen LogP) is 5.37. The molecular formula is C26H31N3O4S. The van der Waals surface area contributed by atoms with E-state index in [9.17, 15) is 0 Å². The first-order valence-corrected chi connectivity index (χ1v) is 12.3. The first kappa shape index (κ1) is 23.9. The van der Waals surface area contributed by atoms with Crippen molar-refractivity contribution in [3.05, 3.63) is 52.1 Å². The summed E-state index contributed by atoms with van der Waals surface area (Å²) < 4.78 is 24.1. The molecule has 1 aromatic heterocycles. The Bertz CT molecular complexity index is 1210. The van der Waals surface area contributed by atoms with Crippen molar-refractivity contribution in [2.45, 2.75) is 38.1 Å². The van der Waals surface area contributed by atoms with Crippen molar-refractivity contribution < 1.29 is 18.9 Å². The second-order valence-corrected chi connectivity index (χ2v) is 8.87. The van der Waals surface area contributed by atoms with E-state index < -0.39 is 0 Å². The lowest BCUT2D eigenvalue weighted by Crippen LogP contribution is -2.19. The van der Waals surface area contributed by atoms with Crippen LogP contribution in [0.3, 0.4) is 0 Å². The number of hydrogen-bond acceptors (Lipinski definition) is 7. The van der Waals surface area contributed by atoms with Gasteiger partial charge in [-0.2, -0.15) is 5.10 Å². The van der Waals surface area contributed by atoms with Gasteiger partial charge in [-0.3, -0.25) is 4.99 Å². The van der Waals surface area contributed by atoms with E-state index >= 15 is 0 Å². The molecule has 1 saturated carbocycles. The molecule has 2 aromatic carbocycles. The standard InChI is InChI=1S/C26H31N3O4S/c1-30-20-13-14-23(31-2)21(15-20)22-17-34-26(28-19-10-6-5-7-11-19)29(22)27-16-18-9-8-12-24(32-3)25(18)33-4/h8-9,12-17,19H,5-7,10-11H2,1-4H3. The summed E-state index contributed by atoms with van der Waals surface area (Å²) in [5.74, 6) is 2.78. The normalized spacial score (nSPS) is 15.0. The van der Waals surface area contributed by atoms with Gasteiger partial charge in [-0.15, -0.1) is 11.3 Å². The molecule has 0 N–H and O–H groups in total. The Morgan fingerprint density at radius 3 is 2.41 bits per heavy atom. The van der Waals surface area contributed by atoms with Crippen molar-refractivity contribution in [3.63, 3.8) is 0 Å². The molecule has 0 unspecified atom stereocenters. The third-order valence-electron chi connectivity index (χ3n) is 5.98. The van der Waals surface area contributed by atoms with Crippen molar-refractivity contribution in [2.75, 3.05) is 28.4 Å². The number of para-hydroxylation sites is 1. The number of methoxy groups -OCH3 is 4. The Kier molecular flexibility index (Phi) is 7.90. The van der Waals surface area contributed by atoms with Gasteiger partial charge in [0.2, 0.25) is 4.80 Å². The number of aromatic nitrogens is 1. The molecule has 0 spiro atoms. The highest BCUT2D eigenvalue weighted by molar-refractivity contribution is 7.07. The van der Waals surface area contributed by atoms with Crippen LogP contribution in [0.25, 0.3) is 11.3 Å². The Labute approximate surface area is 204 Å². The number of rotatable bonds is 8. The van der Waals surface area contributed by atoms with Gasteiger partial charge in [0.15, 0.2) is 11.5 Å². The van der Waals surface area contributed by atoms with Gasteiger partial charge in [0, 0.05) is 16.5 Å². The lowest BCUT2D eigenvalue weighted by atomic mass is 9.96.